The molecular weight excluding hydrogens is 1480 g/mol. The normalized spacial score (nSPS) is 18.8. The highest BCUT2D eigenvalue weighted by atomic mass is 32.1. The van der Waals surface area contributed by atoms with E-state index in [1.54, 1.807) is 23.7 Å². The maximum absolute atomic E-state index is 13.3. The Balaban J connectivity index is 0.000000121. The number of nitriles is 1. The number of aryl methyl sites for hydroxylation is 7. The Morgan fingerprint density at radius 3 is 1.09 bits per heavy atom. The highest BCUT2D eigenvalue weighted by Gasteiger charge is 2.47. The summed E-state index contributed by atoms with van der Waals surface area (Å²) in [5.41, 5.74) is 20.0. The van der Waals surface area contributed by atoms with Crippen LogP contribution in [0.2, 0.25) is 0 Å². The van der Waals surface area contributed by atoms with E-state index in [0.717, 1.165) is 195 Å². The van der Waals surface area contributed by atoms with Crippen LogP contribution < -0.4 is 14.7 Å². The number of halogens is 1. The summed E-state index contributed by atoms with van der Waals surface area (Å²) < 4.78 is 14.8. The van der Waals surface area contributed by atoms with Gasteiger partial charge in [0.2, 0.25) is 0 Å². The number of fused-ring (bicyclic) bond motifs is 6. The Kier molecular flexibility index (Phi) is 20.8. The van der Waals surface area contributed by atoms with Crippen molar-refractivity contribution in [3.05, 3.63) is 267 Å². The van der Waals surface area contributed by atoms with E-state index in [9.17, 15) is 4.39 Å². The van der Waals surface area contributed by atoms with Gasteiger partial charge in [0.15, 0.2) is 23.3 Å². The average molecular weight is 1560 g/mol. The summed E-state index contributed by atoms with van der Waals surface area (Å²) in [6.45, 7) is 22.3. The first-order chi connectivity index (χ1) is 56.5. The molecule has 23 heterocycles. The number of aromatic amines is 3. The fraction of sp³-hybridized carbons (Fsp3) is 0.326. The summed E-state index contributed by atoms with van der Waals surface area (Å²) in [7, 11) is 0. The van der Waals surface area contributed by atoms with Crippen LogP contribution in [0.5, 0.6) is 0 Å². The number of hydrogen-bond donors (Lipinski definition) is 3. The third-order valence-electron chi connectivity index (χ3n) is 22.4. The third kappa shape index (κ3) is 16.8. The first-order valence-electron chi connectivity index (χ1n) is 39.3. The monoisotopic (exact) mass is 1560 g/mol. The van der Waals surface area contributed by atoms with Crippen LogP contribution in [0.4, 0.5) is 21.8 Å². The number of aromatic nitrogens is 21. The van der Waals surface area contributed by atoms with E-state index in [4.69, 9.17) is 40.1 Å². The van der Waals surface area contributed by atoms with Crippen LogP contribution in [-0.2, 0) is 38.9 Å². The van der Waals surface area contributed by atoms with Crippen molar-refractivity contribution in [2.24, 2.45) is 0 Å². The van der Waals surface area contributed by atoms with Gasteiger partial charge in [-0.1, -0.05) is 0 Å². The molecule has 0 radical (unpaired) electrons. The summed E-state index contributed by atoms with van der Waals surface area (Å²) >= 11 is 1.71. The van der Waals surface area contributed by atoms with Crippen LogP contribution >= 0.6 is 11.3 Å². The van der Waals surface area contributed by atoms with Crippen LogP contribution in [0, 0.1) is 65.6 Å². The Bertz CT molecular complexity index is 5550. The van der Waals surface area contributed by atoms with E-state index < -0.39 is 0 Å². The Hall–Kier alpha value is -12.7. The maximum Gasteiger partial charge on any atom is 0.161 e. The van der Waals surface area contributed by atoms with Crippen molar-refractivity contribution in [3.63, 3.8) is 0 Å². The fourth-order valence-corrected chi connectivity index (χ4v) is 17.4. The van der Waals surface area contributed by atoms with Gasteiger partial charge in [-0.3, -0.25) is 44.9 Å². The van der Waals surface area contributed by atoms with Crippen molar-refractivity contribution >= 4 is 28.8 Å². The van der Waals surface area contributed by atoms with Crippen LogP contribution in [0.1, 0.15) is 115 Å². The molecule has 116 heavy (non-hydrogen) atoms. The summed E-state index contributed by atoms with van der Waals surface area (Å²) in [6.07, 6.45) is 21.1. The first-order valence-corrected chi connectivity index (χ1v) is 40.1. The van der Waals surface area contributed by atoms with Crippen molar-refractivity contribution in [2.75, 3.05) is 54.0 Å². The number of piperazine rings is 3. The predicted molar refractivity (Wildman–Crippen MR) is 439 cm³/mol. The molecule has 30 heteroatoms. The Morgan fingerprint density at radius 1 is 0.397 bits per heavy atom. The minimum absolute atomic E-state index is 0.361. The largest absolute Gasteiger partial charge is 0.353 e. The van der Waals surface area contributed by atoms with E-state index in [-0.39, 0.29) is 5.82 Å². The molecule has 28 nitrogen and oxygen atoms in total. The van der Waals surface area contributed by atoms with Crippen LogP contribution in [0.3, 0.4) is 0 Å². The standard InChI is InChI=1S/C30H31N9S.C29H29FN10.C27H27N9/c1-18-8-24(10-25-9-19(2)36-37-25)35-29(34-18)21-5-7-28(32-13-21)38-16-26-11-27(17-38)39(26)15-23-6-4-22(14-31-23)30-33-12-20(3)40-30;1-18-7-23(9-24-8-19(2)36-37-24)35-29(34-18)20-3-6-28(32-11-20)38-16-26-10-27(17-38)39(26)15-22-4-5-25(13-31-22)40-14-21(30)12-33-40;1-17-7-22(9-23-8-18(2)33-34-23)32-27(31-17)20-4-6-26(30-13-20)35-15-24-10-25(16-35)36(24)14-21-5-3-19(11-28)12-29-21/h4-9,12-14,26-27H,10-11,15-17H2,1-3H3,(H,36,37);3-8,11-14,26-27H,9-10,15-17H2,1-2H3,(H,36,37);3-8,12-13,24-25H,9-10,14-16H2,1-2H3,(H,33,34). The van der Waals surface area contributed by atoms with Crippen LogP contribution in [0.25, 0.3) is 50.4 Å². The molecule has 3 N–H and O–H groups in total. The van der Waals surface area contributed by atoms with Crippen molar-refractivity contribution in [1.82, 2.24) is 120 Å². The minimum Gasteiger partial charge on any atom is -0.353 e. The molecule has 6 atom stereocenters. The SMILES string of the molecule is Cc1cc(Cc2cc(C)[nH]n2)nc(-c2ccc(N3CC4CC(C3)N4Cc3ccc(-c4ncc(C)s4)cn3)nc2)n1.Cc1cc(Cc2cc(C)[nH]n2)nc(-c2ccc(N3CC4CC(C3)N4Cc3ccc(-n4cc(F)cn4)cn3)nc2)n1.Cc1cc(Cc2cc(C)[nH]n2)nc(-c2ccc(N3CC4CC(C3)N4Cc3ccc(C#N)cn3)nc2)n1. The second-order valence-electron chi connectivity index (χ2n) is 31.3. The topological polar surface area (TPSA) is 315 Å². The molecule has 584 valence electrons. The van der Waals surface area contributed by atoms with Crippen molar-refractivity contribution in [1.29, 1.82) is 5.26 Å². The van der Waals surface area contributed by atoms with Gasteiger partial charge in [-0.2, -0.15) is 25.7 Å². The lowest BCUT2D eigenvalue weighted by Gasteiger charge is -2.56. The summed E-state index contributed by atoms with van der Waals surface area (Å²) in [5.74, 6) is 4.71. The number of thiazole rings is 1. The van der Waals surface area contributed by atoms with Gasteiger partial charge in [0, 0.05) is 213 Å². The molecule has 14 aromatic heterocycles. The number of nitrogens with one attached hydrogen (secondary N) is 3. The minimum atomic E-state index is -0.361. The van der Waals surface area contributed by atoms with Crippen LogP contribution in [0.15, 0.2) is 165 Å². The Labute approximate surface area is 674 Å². The number of piperidine rings is 3. The molecular formula is C86H87FN28S. The lowest BCUT2D eigenvalue weighted by Crippen LogP contribution is -2.68. The average Bonchev–Trinajstić information content (AvgIpc) is 0.828. The quantitative estimate of drug-likeness (QED) is 0.0638. The van der Waals surface area contributed by atoms with E-state index in [1.165, 1.54) is 41.2 Å². The molecule has 0 amide bonds. The predicted octanol–water partition coefficient (Wildman–Crippen LogP) is 11.6. The number of rotatable bonds is 20. The summed E-state index contributed by atoms with van der Waals surface area (Å²) in [4.78, 5) is 77.0. The summed E-state index contributed by atoms with van der Waals surface area (Å²) in [6, 6.07) is 41.8. The zero-order valence-corrected chi connectivity index (χ0v) is 66.4. The van der Waals surface area contributed by atoms with Gasteiger partial charge in [0.05, 0.1) is 81.1 Å². The number of anilines is 3. The summed E-state index contributed by atoms with van der Waals surface area (Å²) in [5, 5.41) is 36.0. The number of nitrogens with zero attached hydrogens (tertiary/aromatic N) is 25. The zero-order valence-electron chi connectivity index (χ0n) is 65.6. The molecule has 6 unspecified atom stereocenters. The van der Waals surface area contributed by atoms with E-state index in [1.807, 2.05) is 127 Å². The van der Waals surface area contributed by atoms with Gasteiger partial charge in [0.1, 0.15) is 28.5 Å². The van der Waals surface area contributed by atoms with Gasteiger partial charge >= 0.3 is 0 Å². The van der Waals surface area contributed by atoms with Gasteiger partial charge in [-0.15, -0.1) is 11.3 Å². The smallest absolute Gasteiger partial charge is 0.161 e. The second kappa shape index (κ2) is 32.3. The molecule has 0 spiro atoms. The second-order valence-corrected chi connectivity index (χ2v) is 32.5. The highest BCUT2D eigenvalue weighted by molar-refractivity contribution is 7.14. The lowest BCUT2D eigenvalue weighted by molar-refractivity contribution is -0.00969. The lowest BCUT2D eigenvalue weighted by atomic mass is 9.87. The van der Waals surface area contributed by atoms with Crippen molar-refractivity contribution in [3.8, 4) is 56.5 Å². The molecule has 9 aliphatic rings. The van der Waals surface area contributed by atoms with Gasteiger partial charge in [-0.25, -0.2) is 58.9 Å². The molecule has 0 aliphatic carbocycles. The molecule has 6 bridgehead atoms. The van der Waals surface area contributed by atoms with E-state index in [2.05, 4.69) is 163 Å². The molecule has 9 aliphatic heterocycles. The van der Waals surface area contributed by atoms with Gasteiger partial charge in [-0.05, 0) is 177 Å². The molecule has 14 aromatic rings. The third-order valence-corrected chi connectivity index (χ3v) is 23.4. The fourth-order valence-electron chi connectivity index (χ4n) is 16.7. The highest BCUT2D eigenvalue weighted by Crippen LogP contribution is 2.39. The van der Waals surface area contributed by atoms with E-state index in [0.29, 0.717) is 78.6 Å². The number of pyridine rings is 6. The number of hydrogen-bond acceptors (Lipinski definition) is 25. The maximum atomic E-state index is 13.3. The van der Waals surface area contributed by atoms with Crippen LogP contribution in [-0.4, -0.2) is 195 Å². The van der Waals surface area contributed by atoms with Gasteiger partial charge < -0.3 is 14.7 Å². The zero-order chi connectivity index (χ0) is 79.1. The molecule has 9 fully saturated rings. The Morgan fingerprint density at radius 2 is 0.784 bits per heavy atom. The van der Waals surface area contributed by atoms with E-state index >= 15 is 0 Å². The first kappa shape index (κ1) is 74.7. The molecule has 0 aromatic carbocycles. The van der Waals surface area contributed by atoms with Crippen molar-refractivity contribution in [2.45, 2.75) is 143 Å². The molecule has 23 rings (SSSR count). The number of H-pyrrole nitrogens is 3. The van der Waals surface area contributed by atoms with Gasteiger partial charge in [0.25, 0.3) is 0 Å². The molecule has 9 saturated heterocycles. The molecule has 0 saturated carbocycles. The van der Waals surface area contributed by atoms with Crippen molar-refractivity contribution < 1.29 is 4.39 Å².